The number of Topliss-reactive ketones (excluding diaryl/α,β-unsaturated/α-hetero) is 1. The third-order valence-corrected chi connectivity index (χ3v) is 5.12. The van der Waals surface area contributed by atoms with Crippen molar-refractivity contribution in [1.82, 2.24) is 0 Å². The van der Waals surface area contributed by atoms with Crippen molar-refractivity contribution in [1.29, 1.82) is 0 Å². The van der Waals surface area contributed by atoms with Crippen molar-refractivity contribution in [2.45, 2.75) is 31.9 Å². The van der Waals surface area contributed by atoms with Gasteiger partial charge in [-0.25, -0.2) is 0 Å². The maximum Gasteiger partial charge on any atom is 0.147 e. The molecule has 0 fully saturated rings. The normalized spacial score (nSPS) is 12.7. The molecule has 0 aliphatic rings. The Balaban J connectivity index is 2.30. The molecule has 1 atom stereocenters. The molecule has 0 saturated carbocycles. The minimum Gasteiger partial charge on any atom is -0.298 e. The van der Waals surface area contributed by atoms with Gasteiger partial charge in [-0.15, -0.1) is 11.3 Å². The summed E-state index contributed by atoms with van der Waals surface area (Å²) in [7, 11) is 0. The number of hydrogen-bond acceptors (Lipinski definition) is 3. The van der Waals surface area contributed by atoms with Gasteiger partial charge in [-0.05, 0) is 34.5 Å². The van der Waals surface area contributed by atoms with Crippen LogP contribution in [-0.4, -0.2) is 16.8 Å². The molecular formula is C11H15BrOS2. The van der Waals surface area contributed by atoms with Crippen molar-refractivity contribution >= 4 is 44.8 Å². The topological polar surface area (TPSA) is 17.1 Å². The monoisotopic (exact) mass is 306 g/mol. The molecule has 0 N–H and O–H groups in total. The highest BCUT2D eigenvalue weighted by Gasteiger charge is 2.08. The highest BCUT2D eigenvalue weighted by atomic mass is 79.9. The van der Waals surface area contributed by atoms with Crippen molar-refractivity contribution < 1.29 is 4.79 Å². The van der Waals surface area contributed by atoms with E-state index >= 15 is 0 Å². The Morgan fingerprint density at radius 3 is 2.87 bits per heavy atom. The Hall–Kier alpha value is 0.200. The Labute approximate surface area is 108 Å². The fraction of sp³-hybridized carbons (Fsp3) is 0.545. The first-order valence-corrected chi connectivity index (χ1v) is 7.65. The molecule has 0 aliphatic heterocycles. The van der Waals surface area contributed by atoms with Crippen LogP contribution in [0.2, 0.25) is 0 Å². The molecule has 1 heterocycles. The molecule has 0 bridgehead atoms. The lowest BCUT2D eigenvalue weighted by molar-refractivity contribution is -0.115. The number of rotatable bonds is 6. The van der Waals surface area contributed by atoms with E-state index in [1.54, 1.807) is 23.1 Å². The molecular weight excluding hydrogens is 292 g/mol. The number of thioether (sulfide) groups is 1. The molecule has 1 aromatic rings. The number of ketones is 1. The lowest BCUT2D eigenvalue weighted by atomic mass is 10.3. The van der Waals surface area contributed by atoms with E-state index in [1.807, 2.05) is 12.1 Å². The molecule has 1 nitrogen and oxygen atoms in total. The average molecular weight is 307 g/mol. The molecule has 0 amide bonds. The molecule has 84 valence electrons. The third-order valence-electron chi connectivity index (χ3n) is 2.10. The van der Waals surface area contributed by atoms with Gasteiger partial charge in [0.25, 0.3) is 0 Å². The van der Waals surface area contributed by atoms with Crippen LogP contribution < -0.4 is 0 Å². The number of carbonyl (C=O) groups excluding carboxylic acids is 1. The molecule has 0 radical (unpaired) electrons. The standard InChI is InChI=1S/C11H15BrOS2/c1-3-8(2)14-7-9(13)6-10-4-5-11(12)15-10/h4-5,8H,3,6-7H2,1-2H3. The highest BCUT2D eigenvalue weighted by Crippen LogP contribution is 2.23. The maximum absolute atomic E-state index is 11.6. The molecule has 1 aromatic heterocycles. The van der Waals surface area contributed by atoms with Crippen LogP contribution in [-0.2, 0) is 11.2 Å². The summed E-state index contributed by atoms with van der Waals surface area (Å²) >= 11 is 6.79. The van der Waals surface area contributed by atoms with E-state index in [-0.39, 0.29) is 0 Å². The van der Waals surface area contributed by atoms with Crippen molar-refractivity contribution in [2.24, 2.45) is 0 Å². The van der Waals surface area contributed by atoms with E-state index in [4.69, 9.17) is 0 Å². The van der Waals surface area contributed by atoms with E-state index < -0.39 is 0 Å². The molecule has 1 unspecified atom stereocenters. The van der Waals surface area contributed by atoms with Crippen LogP contribution in [0.4, 0.5) is 0 Å². The summed E-state index contributed by atoms with van der Waals surface area (Å²) in [6, 6.07) is 4.01. The van der Waals surface area contributed by atoms with E-state index in [0.29, 0.717) is 23.2 Å². The van der Waals surface area contributed by atoms with Crippen molar-refractivity contribution in [2.75, 3.05) is 5.75 Å². The first-order chi connectivity index (χ1) is 7.11. The van der Waals surface area contributed by atoms with Crippen LogP contribution in [0.5, 0.6) is 0 Å². The van der Waals surface area contributed by atoms with E-state index in [0.717, 1.165) is 15.1 Å². The van der Waals surface area contributed by atoms with Gasteiger partial charge in [0.15, 0.2) is 0 Å². The van der Waals surface area contributed by atoms with Crippen LogP contribution in [0.25, 0.3) is 0 Å². The summed E-state index contributed by atoms with van der Waals surface area (Å²) in [5, 5.41) is 0.587. The minimum atomic E-state index is 0.328. The molecule has 15 heavy (non-hydrogen) atoms. The molecule has 0 aliphatic carbocycles. The number of hydrogen-bond donors (Lipinski definition) is 0. The quantitative estimate of drug-likeness (QED) is 0.785. The first kappa shape index (κ1) is 13.3. The first-order valence-electron chi connectivity index (χ1n) is 4.99. The van der Waals surface area contributed by atoms with Gasteiger partial charge >= 0.3 is 0 Å². The maximum atomic E-state index is 11.6. The average Bonchev–Trinajstić information content (AvgIpc) is 2.60. The Bertz CT molecular complexity index is 322. The zero-order chi connectivity index (χ0) is 11.3. The number of thiophene rings is 1. The van der Waals surface area contributed by atoms with Crippen LogP contribution in [0, 0.1) is 0 Å². The molecule has 0 aromatic carbocycles. The van der Waals surface area contributed by atoms with E-state index in [2.05, 4.69) is 29.8 Å². The molecule has 4 heteroatoms. The zero-order valence-corrected chi connectivity index (χ0v) is 12.2. The second kappa shape index (κ2) is 6.71. The fourth-order valence-electron chi connectivity index (χ4n) is 1.05. The van der Waals surface area contributed by atoms with Crippen LogP contribution in [0.3, 0.4) is 0 Å². The SMILES string of the molecule is CCC(C)SCC(=O)Cc1ccc(Br)s1. The van der Waals surface area contributed by atoms with Crippen LogP contribution in [0.1, 0.15) is 25.1 Å². The Kier molecular flexibility index (Phi) is 5.94. The summed E-state index contributed by atoms with van der Waals surface area (Å²) < 4.78 is 1.10. The van der Waals surface area contributed by atoms with Gasteiger partial charge in [0, 0.05) is 16.5 Å². The Morgan fingerprint density at radius 2 is 2.33 bits per heavy atom. The summed E-state index contributed by atoms with van der Waals surface area (Å²) in [5.41, 5.74) is 0. The van der Waals surface area contributed by atoms with Crippen molar-refractivity contribution in [3.8, 4) is 0 Å². The lowest BCUT2D eigenvalue weighted by Gasteiger charge is -2.06. The van der Waals surface area contributed by atoms with Crippen molar-refractivity contribution in [3.05, 3.63) is 20.8 Å². The summed E-state index contributed by atoms with van der Waals surface area (Å²) in [6.45, 7) is 4.32. The van der Waals surface area contributed by atoms with Gasteiger partial charge < -0.3 is 0 Å². The lowest BCUT2D eigenvalue weighted by Crippen LogP contribution is -2.07. The largest absolute Gasteiger partial charge is 0.298 e. The van der Waals surface area contributed by atoms with Crippen LogP contribution in [0.15, 0.2) is 15.9 Å². The van der Waals surface area contributed by atoms with Crippen LogP contribution >= 0.6 is 39.0 Å². The molecule has 1 rings (SSSR count). The summed E-state index contributed by atoms with van der Waals surface area (Å²) in [6.07, 6.45) is 1.71. The summed E-state index contributed by atoms with van der Waals surface area (Å²) in [4.78, 5) is 12.8. The number of halogens is 1. The van der Waals surface area contributed by atoms with Crippen molar-refractivity contribution in [3.63, 3.8) is 0 Å². The second-order valence-electron chi connectivity index (χ2n) is 3.45. The molecule has 0 saturated heterocycles. The minimum absolute atomic E-state index is 0.328. The van der Waals surface area contributed by atoms with Gasteiger partial charge in [0.05, 0.1) is 9.54 Å². The zero-order valence-electron chi connectivity index (χ0n) is 8.96. The van der Waals surface area contributed by atoms with E-state index in [1.165, 1.54) is 0 Å². The predicted octanol–water partition coefficient (Wildman–Crippen LogP) is 4.15. The highest BCUT2D eigenvalue weighted by molar-refractivity contribution is 9.11. The third kappa shape index (κ3) is 5.18. The van der Waals surface area contributed by atoms with Gasteiger partial charge in [-0.3, -0.25) is 4.79 Å². The van der Waals surface area contributed by atoms with Gasteiger partial charge in [0.2, 0.25) is 0 Å². The number of carbonyl (C=O) groups is 1. The second-order valence-corrected chi connectivity index (χ2v) is 7.43. The Morgan fingerprint density at radius 1 is 1.60 bits per heavy atom. The van der Waals surface area contributed by atoms with Gasteiger partial charge in [-0.2, -0.15) is 11.8 Å². The predicted molar refractivity (Wildman–Crippen MR) is 72.9 cm³/mol. The van der Waals surface area contributed by atoms with Gasteiger partial charge in [0.1, 0.15) is 5.78 Å². The smallest absolute Gasteiger partial charge is 0.147 e. The molecule has 0 spiro atoms. The van der Waals surface area contributed by atoms with Gasteiger partial charge in [-0.1, -0.05) is 13.8 Å². The fourth-order valence-corrected chi connectivity index (χ4v) is 3.37. The van der Waals surface area contributed by atoms with E-state index in [9.17, 15) is 4.79 Å². The summed E-state index contributed by atoms with van der Waals surface area (Å²) in [5.74, 6) is 0.972.